The van der Waals surface area contributed by atoms with Crippen molar-refractivity contribution in [1.82, 2.24) is 10.2 Å². The molecule has 1 atom stereocenters. The summed E-state index contributed by atoms with van der Waals surface area (Å²) in [4.78, 5) is 37.2. The molecule has 2 fully saturated rings. The number of imide groups is 2. The van der Waals surface area contributed by atoms with Crippen LogP contribution in [0.25, 0.3) is 0 Å². The fraction of sp³-hybridized carbons (Fsp3) is 0.400. The van der Waals surface area contributed by atoms with E-state index < -0.39 is 17.4 Å². The smallest absolute Gasteiger partial charge is 0.330 e. The molecule has 6 nitrogen and oxygen atoms in total. The largest absolute Gasteiger partial charge is 0.488 e. The first-order valence-corrected chi connectivity index (χ1v) is 7.02. The quantitative estimate of drug-likeness (QED) is 0.818. The van der Waals surface area contributed by atoms with Crippen molar-refractivity contribution in [1.29, 1.82) is 0 Å². The Hall–Kier alpha value is -2.37. The Bertz CT molecular complexity index is 640. The lowest BCUT2D eigenvalue weighted by Gasteiger charge is -2.31. The summed E-state index contributed by atoms with van der Waals surface area (Å²) in [5.41, 5.74) is 0.0869. The maximum Gasteiger partial charge on any atom is 0.330 e. The minimum Gasteiger partial charge on any atom is -0.488 e. The molecule has 1 N–H and O–H groups in total. The third-order valence-electron chi connectivity index (χ3n) is 4.40. The minimum absolute atomic E-state index is 0.175. The molecule has 4 rings (SSSR count). The molecule has 1 saturated heterocycles. The first kappa shape index (κ1) is 12.4. The molecule has 0 aromatic heterocycles. The third-order valence-corrected chi connectivity index (χ3v) is 4.40. The SMILES string of the molecule is O=C1NC(=O)C2(CC2)C(=O)N1CC1Cc2ccccc2O1. The van der Waals surface area contributed by atoms with E-state index in [-0.39, 0.29) is 18.6 Å². The second-order valence-electron chi connectivity index (χ2n) is 5.81. The number of amides is 4. The predicted molar refractivity (Wildman–Crippen MR) is 71.5 cm³/mol. The van der Waals surface area contributed by atoms with Crippen LogP contribution in [0.4, 0.5) is 4.79 Å². The maximum absolute atomic E-state index is 12.4. The molecule has 1 aromatic rings. The Morgan fingerprint density at radius 3 is 2.71 bits per heavy atom. The Morgan fingerprint density at radius 2 is 2.00 bits per heavy atom. The second-order valence-corrected chi connectivity index (χ2v) is 5.81. The molecule has 4 amide bonds. The number of barbiturate groups is 1. The average molecular weight is 286 g/mol. The van der Waals surface area contributed by atoms with Gasteiger partial charge < -0.3 is 4.74 Å². The van der Waals surface area contributed by atoms with E-state index in [1.807, 2.05) is 24.3 Å². The Labute approximate surface area is 121 Å². The van der Waals surface area contributed by atoms with E-state index in [0.717, 1.165) is 16.2 Å². The second kappa shape index (κ2) is 4.07. The number of rotatable bonds is 2. The fourth-order valence-corrected chi connectivity index (χ4v) is 3.02. The number of urea groups is 1. The molecule has 21 heavy (non-hydrogen) atoms. The van der Waals surface area contributed by atoms with E-state index in [1.165, 1.54) is 0 Å². The highest BCUT2D eigenvalue weighted by Gasteiger charge is 2.62. The molecule has 1 aliphatic carbocycles. The molecule has 0 radical (unpaired) electrons. The van der Waals surface area contributed by atoms with Crippen molar-refractivity contribution in [3.63, 3.8) is 0 Å². The number of para-hydroxylation sites is 1. The molecule has 1 saturated carbocycles. The Balaban J connectivity index is 1.52. The van der Waals surface area contributed by atoms with Gasteiger partial charge in [0.2, 0.25) is 11.8 Å². The molecule has 1 spiro atoms. The number of fused-ring (bicyclic) bond motifs is 1. The van der Waals surface area contributed by atoms with Crippen molar-refractivity contribution in [3.8, 4) is 5.75 Å². The van der Waals surface area contributed by atoms with Crippen molar-refractivity contribution >= 4 is 17.8 Å². The summed E-state index contributed by atoms with van der Waals surface area (Å²) >= 11 is 0. The summed E-state index contributed by atoms with van der Waals surface area (Å²) in [5.74, 6) is -0.0373. The molecular weight excluding hydrogens is 272 g/mol. The van der Waals surface area contributed by atoms with Crippen LogP contribution in [-0.2, 0) is 16.0 Å². The molecule has 108 valence electrons. The fourth-order valence-electron chi connectivity index (χ4n) is 3.02. The van der Waals surface area contributed by atoms with Gasteiger partial charge in [0.05, 0.1) is 6.54 Å². The van der Waals surface area contributed by atoms with Gasteiger partial charge in [-0.25, -0.2) is 4.79 Å². The van der Waals surface area contributed by atoms with Crippen LogP contribution in [0.2, 0.25) is 0 Å². The number of nitrogens with zero attached hydrogens (tertiary/aromatic N) is 1. The van der Waals surface area contributed by atoms with Crippen LogP contribution < -0.4 is 10.1 Å². The summed E-state index contributed by atoms with van der Waals surface area (Å²) in [6.07, 6.45) is 1.45. The van der Waals surface area contributed by atoms with Crippen LogP contribution in [0.3, 0.4) is 0 Å². The van der Waals surface area contributed by atoms with Gasteiger partial charge in [0, 0.05) is 6.42 Å². The minimum atomic E-state index is -0.987. The lowest BCUT2D eigenvalue weighted by atomic mass is 10.0. The average Bonchev–Trinajstić information content (AvgIpc) is 3.16. The third kappa shape index (κ3) is 1.75. The highest BCUT2D eigenvalue weighted by molar-refractivity contribution is 6.20. The van der Waals surface area contributed by atoms with Gasteiger partial charge in [-0.15, -0.1) is 0 Å². The van der Waals surface area contributed by atoms with Gasteiger partial charge in [-0.05, 0) is 24.5 Å². The monoisotopic (exact) mass is 286 g/mol. The topological polar surface area (TPSA) is 75.7 Å². The van der Waals surface area contributed by atoms with Crippen LogP contribution in [0.1, 0.15) is 18.4 Å². The Morgan fingerprint density at radius 1 is 1.24 bits per heavy atom. The summed E-state index contributed by atoms with van der Waals surface area (Å²) < 4.78 is 5.76. The summed E-state index contributed by atoms with van der Waals surface area (Å²) in [5, 5.41) is 2.28. The standard InChI is InChI=1S/C15H14N2O4/c18-12-15(5-6-15)13(19)17(14(20)16-12)8-10-7-9-3-1-2-4-11(9)21-10/h1-4,10H,5-8H2,(H,16,18,20). The van der Waals surface area contributed by atoms with Gasteiger partial charge in [-0.2, -0.15) is 0 Å². The zero-order valence-electron chi connectivity index (χ0n) is 11.3. The lowest BCUT2D eigenvalue weighted by Crippen LogP contribution is -2.60. The molecule has 1 unspecified atom stereocenters. The van der Waals surface area contributed by atoms with Crippen LogP contribution in [0, 0.1) is 5.41 Å². The van der Waals surface area contributed by atoms with Crippen molar-refractivity contribution in [2.75, 3.05) is 6.54 Å². The number of hydrogen-bond acceptors (Lipinski definition) is 4. The first-order chi connectivity index (χ1) is 10.1. The number of benzene rings is 1. The molecule has 0 bridgehead atoms. The number of hydrogen-bond donors (Lipinski definition) is 1. The lowest BCUT2D eigenvalue weighted by molar-refractivity contribution is -0.145. The summed E-state index contributed by atoms with van der Waals surface area (Å²) in [6, 6.07) is 7.03. The summed E-state index contributed by atoms with van der Waals surface area (Å²) in [7, 11) is 0. The first-order valence-electron chi connectivity index (χ1n) is 7.02. The van der Waals surface area contributed by atoms with Crippen molar-refractivity contribution in [2.24, 2.45) is 5.41 Å². The van der Waals surface area contributed by atoms with E-state index in [2.05, 4.69) is 5.32 Å². The van der Waals surface area contributed by atoms with E-state index in [4.69, 9.17) is 4.74 Å². The van der Waals surface area contributed by atoms with Gasteiger partial charge in [0.1, 0.15) is 17.3 Å². The number of nitrogens with one attached hydrogen (secondary N) is 1. The van der Waals surface area contributed by atoms with E-state index in [0.29, 0.717) is 19.3 Å². The molecule has 2 aliphatic heterocycles. The highest BCUT2D eigenvalue weighted by Crippen LogP contribution is 2.49. The van der Waals surface area contributed by atoms with Gasteiger partial charge >= 0.3 is 6.03 Å². The number of carbonyl (C=O) groups excluding carboxylic acids is 3. The van der Waals surface area contributed by atoms with Gasteiger partial charge in [0.15, 0.2) is 0 Å². The molecule has 2 heterocycles. The van der Waals surface area contributed by atoms with Crippen LogP contribution in [0.15, 0.2) is 24.3 Å². The van der Waals surface area contributed by atoms with Gasteiger partial charge in [-0.3, -0.25) is 19.8 Å². The zero-order chi connectivity index (χ0) is 14.6. The number of ether oxygens (including phenoxy) is 1. The Kier molecular flexibility index (Phi) is 2.40. The van der Waals surface area contributed by atoms with Crippen molar-refractivity contribution < 1.29 is 19.1 Å². The highest BCUT2D eigenvalue weighted by atomic mass is 16.5. The predicted octanol–water partition coefficient (Wildman–Crippen LogP) is 0.849. The van der Waals surface area contributed by atoms with Gasteiger partial charge in [-0.1, -0.05) is 18.2 Å². The van der Waals surface area contributed by atoms with Gasteiger partial charge in [0.25, 0.3) is 0 Å². The summed E-state index contributed by atoms with van der Waals surface area (Å²) in [6.45, 7) is 0.175. The van der Waals surface area contributed by atoms with Crippen LogP contribution in [0.5, 0.6) is 5.75 Å². The molecule has 3 aliphatic rings. The molecule has 1 aromatic carbocycles. The van der Waals surface area contributed by atoms with Crippen LogP contribution in [-0.4, -0.2) is 35.4 Å². The van der Waals surface area contributed by atoms with E-state index in [9.17, 15) is 14.4 Å². The van der Waals surface area contributed by atoms with E-state index in [1.54, 1.807) is 0 Å². The normalized spacial score (nSPS) is 25.6. The zero-order valence-corrected chi connectivity index (χ0v) is 11.3. The van der Waals surface area contributed by atoms with Crippen LogP contribution >= 0.6 is 0 Å². The van der Waals surface area contributed by atoms with Crippen molar-refractivity contribution in [3.05, 3.63) is 29.8 Å². The maximum atomic E-state index is 12.4. The molecular formula is C15H14N2O4. The van der Waals surface area contributed by atoms with Crippen molar-refractivity contribution in [2.45, 2.75) is 25.4 Å². The van der Waals surface area contributed by atoms with E-state index >= 15 is 0 Å². The number of carbonyl (C=O) groups is 3. The molecule has 6 heteroatoms.